The van der Waals surface area contributed by atoms with E-state index in [1.165, 1.54) is 0 Å². The van der Waals surface area contributed by atoms with Crippen LogP contribution in [0.25, 0.3) is 0 Å². The predicted octanol–water partition coefficient (Wildman–Crippen LogP) is 3.16. The van der Waals surface area contributed by atoms with Crippen LogP contribution in [0, 0.1) is 0 Å². The zero-order valence-corrected chi connectivity index (χ0v) is 10.6. The fourth-order valence-corrected chi connectivity index (χ4v) is 1.39. The Morgan fingerprint density at radius 3 is 2.25 bits per heavy atom. The van der Waals surface area contributed by atoms with Gasteiger partial charge in [0.05, 0.1) is 6.61 Å². The average Bonchev–Trinajstić information content (AvgIpc) is 2.28. The van der Waals surface area contributed by atoms with Gasteiger partial charge in [-0.2, -0.15) is 0 Å². The molecular weight excluding hydrogens is 208 g/mol. The summed E-state index contributed by atoms with van der Waals surface area (Å²) >= 11 is 0. The van der Waals surface area contributed by atoms with Gasteiger partial charge < -0.3 is 5.11 Å². The van der Waals surface area contributed by atoms with Crippen LogP contribution in [-0.4, -0.2) is 23.3 Å². The van der Waals surface area contributed by atoms with Crippen LogP contribution in [0.3, 0.4) is 0 Å². The smallest absolute Gasteiger partial charge is 0.339 e. The van der Waals surface area contributed by atoms with Crippen molar-refractivity contribution in [2.75, 3.05) is 6.61 Å². The summed E-state index contributed by atoms with van der Waals surface area (Å²) in [5.41, 5.74) is -1.16. The molecule has 0 fully saturated rings. The Morgan fingerprint density at radius 2 is 1.81 bits per heavy atom. The summed E-state index contributed by atoms with van der Waals surface area (Å²) in [6, 6.07) is 0. The second kappa shape index (κ2) is 8.53. The van der Waals surface area contributed by atoms with E-state index in [9.17, 15) is 9.90 Å². The summed E-state index contributed by atoms with van der Waals surface area (Å²) in [6.45, 7) is 6.34. The second-order valence-corrected chi connectivity index (χ2v) is 4.02. The molecule has 0 aliphatic heterocycles. The lowest BCUT2D eigenvalue weighted by molar-refractivity contribution is -0.356. The van der Waals surface area contributed by atoms with Gasteiger partial charge in [0.2, 0.25) is 0 Å². The van der Waals surface area contributed by atoms with Gasteiger partial charge >= 0.3 is 5.97 Å². The Labute approximate surface area is 97.9 Å². The molecule has 0 aliphatic carbocycles. The quantitative estimate of drug-likeness (QED) is 0.357. The van der Waals surface area contributed by atoms with Gasteiger partial charge in [-0.05, 0) is 19.3 Å². The third-order valence-corrected chi connectivity index (χ3v) is 2.69. The molecule has 0 radical (unpaired) electrons. The summed E-state index contributed by atoms with van der Waals surface area (Å²) in [6.07, 6.45) is 4.60. The zero-order chi connectivity index (χ0) is 12.4. The van der Waals surface area contributed by atoms with Crippen LogP contribution in [0.1, 0.15) is 59.3 Å². The zero-order valence-electron chi connectivity index (χ0n) is 10.6. The van der Waals surface area contributed by atoms with Crippen molar-refractivity contribution in [3.8, 4) is 0 Å². The van der Waals surface area contributed by atoms with E-state index in [0.29, 0.717) is 19.4 Å². The van der Waals surface area contributed by atoms with Crippen LogP contribution >= 0.6 is 0 Å². The number of rotatable bonds is 10. The van der Waals surface area contributed by atoms with E-state index in [0.717, 1.165) is 25.7 Å². The van der Waals surface area contributed by atoms with Gasteiger partial charge in [0.1, 0.15) is 0 Å². The molecule has 0 aliphatic rings. The summed E-state index contributed by atoms with van der Waals surface area (Å²) in [7, 11) is 0. The van der Waals surface area contributed by atoms with Gasteiger partial charge in [0.25, 0.3) is 0 Å². The van der Waals surface area contributed by atoms with Crippen molar-refractivity contribution in [3.63, 3.8) is 0 Å². The van der Waals surface area contributed by atoms with Crippen molar-refractivity contribution in [3.05, 3.63) is 0 Å². The first-order chi connectivity index (χ1) is 7.63. The van der Waals surface area contributed by atoms with E-state index >= 15 is 0 Å². The van der Waals surface area contributed by atoms with Crippen LogP contribution in [0.4, 0.5) is 0 Å². The first-order valence-electron chi connectivity index (χ1n) is 6.17. The van der Waals surface area contributed by atoms with Gasteiger partial charge in [-0.3, -0.25) is 0 Å². The van der Waals surface area contributed by atoms with Gasteiger partial charge in [0.15, 0.2) is 5.60 Å². The number of unbranched alkanes of at least 4 members (excludes halogenated alkanes) is 2. The minimum atomic E-state index is -1.16. The first kappa shape index (κ1) is 15.4. The van der Waals surface area contributed by atoms with Crippen molar-refractivity contribution in [1.29, 1.82) is 0 Å². The maximum Gasteiger partial charge on any atom is 0.339 e. The third-order valence-electron chi connectivity index (χ3n) is 2.69. The van der Waals surface area contributed by atoms with Gasteiger partial charge in [0, 0.05) is 0 Å². The molecule has 1 atom stereocenters. The molecule has 0 unspecified atom stereocenters. The Kier molecular flexibility index (Phi) is 8.21. The van der Waals surface area contributed by atoms with Crippen molar-refractivity contribution in [1.82, 2.24) is 0 Å². The molecule has 0 spiro atoms. The number of hydrogen-bond acceptors (Lipinski definition) is 3. The highest BCUT2D eigenvalue weighted by atomic mass is 17.2. The van der Waals surface area contributed by atoms with Crippen molar-refractivity contribution >= 4 is 5.97 Å². The van der Waals surface area contributed by atoms with E-state index in [2.05, 4.69) is 0 Å². The number of aliphatic carboxylic acids is 1. The monoisotopic (exact) mass is 232 g/mol. The maximum absolute atomic E-state index is 11.2. The number of carbonyl (C=O) groups is 1. The Bertz CT molecular complexity index is 193. The molecule has 0 aromatic carbocycles. The molecule has 0 aromatic heterocycles. The lowest BCUT2D eigenvalue weighted by atomic mass is 9.94. The molecule has 0 aromatic rings. The van der Waals surface area contributed by atoms with Crippen LogP contribution in [-0.2, 0) is 14.6 Å². The molecule has 0 saturated carbocycles. The topological polar surface area (TPSA) is 55.8 Å². The first-order valence-corrected chi connectivity index (χ1v) is 6.17. The van der Waals surface area contributed by atoms with Crippen LogP contribution in [0.15, 0.2) is 0 Å². The Balaban J connectivity index is 4.22. The number of carboxylic acid groups (broad SMARTS) is 1. The Morgan fingerprint density at radius 1 is 1.19 bits per heavy atom. The normalized spacial score (nSPS) is 14.7. The minimum Gasteiger partial charge on any atom is -0.479 e. The highest BCUT2D eigenvalue weighted by Crippen LogP contribution is 2.24. The van der Waals surface area contributed by atoms with Crippen molar-refractivity contribution in [2.24, 2.45) is 0 Å². The summed E-state index contributed by atoms with van der Waals surface area (Å²) in [4.78, 5) is 21.4. The highest BCUT2D eigenvalue weighted by Gasteiger charge is 2.38. The van der Waals surface area contributed by atoms with E-state index in [1.54, 1.807) is 0 Å². The lowest BCUT2D eigenvalue weighted by Gasteiger charge is -2.26. The van der Waals surface area contributed by atoms with Crippen LogP contribution < -0.4 is 0 Å². The predicted molar refractivity (Wildman–Crippen MR) is 62.1 cm³/mol. The molecular formula is C12H24O4. The SMILES string of the molecule is CCCCOO[C@](CC)(CCCC)C(=O)O. The highest BCUT2D eigenvalue weighted by molar-refractivity contribution is 5.77. The van der Waals surface area contributed by atoms with E-state index in [-0.39, 0.29) is 0 Å². The standard InChI is InChI=1S/C12H24O4/c1-4-7-9-12(6-3,11(13)14)16-15-10-8-5-2/h4-10H2,1-3H3,(H,13,14)/t12-/m1/s1. The largest absolute Gasteiger partial charge is 0.479 e. The molecule has 0 saturated heterocycles. The Hall–Kier alpha value is -0.610. The molecule has 16 heavy (non-hydrogen) atoms. The van der Waals surface area contributed by atoms with Gasteiger partial charge in [-0.25, -0.2) is 14.6 Å². The van der Waals surface area contributed by atoms with Gasteiger partial charge in [-0.15, -0.1) is 0 Å². The maximum atomic E-state index is 11.2. The fraction of sp³-hybridized carbons (Fsp3) is 0.917. The second-order valence-electron chi connectivity index (χ2n) is 4.02. The van der Waals surface area contributed by atoms with Gasteiger partial charge in [-0.1, -0.05) is 40.0 Å². The van der Waals surface area contributed by atoms with E-state index in [1.807, 2.05) is 20.8 Å². The summed E-state index contributed by atoms with van der Waals surface area (Å²) in [5, 5.41) is 9.20. The summed E-state index contributed by atoms with van der Waals surface area (Å²) in [5.74, 6) is -0.931. The summed E-state index contributed by atoms with van der Waals surface area (Å²) < 4.78 is 0. The molecule has 4 heteroatoms. The number of carboxylic acids is 1. The minimum absolute atomic E-state index is 0.425. The average molecular weight is 232 g/mol. The molecule has 4 nitrogen and oxygen atoms in total. The molecule has 0 bridgehead atoms. The molecule has 0 amide bonds. The van der Waals surface area contributed by atoms with Crippen molar-refractivity contribution < 1.29 is 19.7 Å². The van der Waals surface area contributed by atoms with E-state index < -0.39 is 11.6 Å². The van der Waals surface area contributed by atoms with Crippen LogP contribution in [0.5, 0.6) is 0 Å². The lowest BCUT2D eigenvalue weighted by Crippen LogP contribution is -2.41. The number of hydrogen-bond donors (Lipinski definition) is 1. The molecule has 0 rings (SSSR count). The molecule has 96 valence electrons. The van der Waals surface area contributed by atoms with E-state index in [4.69, 9.17) is 9.78 Å². The molecule has 0 heterocycles. The van der Waals surface area contributed by atoms with Crippen LogP contribution in [0.2, 0.25) is 0 Å². The van der Waals surface area contributed by atoms with Crippen molar-refractivity contribution in [2.45, 2.75) is 64.9 Å². The molecule has 1 N–H and O–H groups in total. The third kappa shape index (κ3) is 4.94. The fourth-order valence-electron chi connectivity index (χ4n) is 1.39.